The molecule has 2 aliphatic heterocycles. The molecule has 0 saturated carbocycles. The van der Waals surface area contributed by atoms with Gasteiger partial charge in [0.05, 0.1) is 6.61 Å². The first-order valence-corrected chi connectivity index (χ1v) is 8.48. The van der Waals surface area contributed by atoms with Gasteiger partial charge in [0.15, 0.2) is 0 Å². The minimum atomic E-state index is -0.335. The molecule has 0 N–H and O–H groups in total. The molecule has 0 aromatic heterocycles. The summed E-state index contributed by atoms with van der Waals surface area (Å²) in [6.07, 6.45) is 1.63. The average Bonchev–Trinajstić information content (AvgIpc) is 2.55. The largest absolute Gasteiger partial charge is 0.450 e. The molecule has 0 atom stereocenters. The van der Waals surface area contributed by atoms with Gasteiger partial charge < -0.3 is 19.4 Å². The SMILES string of the molecule is CCOC(=O)N1CCN(C(=O)CC(=O)N2CCC(C)CC2)CC1. The number of ether oxygens (including phenoxy) is 1. The molecule has 2 fully saturated rings. The maximum Gasteiger partial charge on any atom is 0.409 e. The summed E-state index contributed by atoms with van der Waals surface area (Å²) in [5.74, 6) is 0.442. The molecule has 0 aromatic carbocycles. The van der Waals surface area contributed by atoms with E-state index in [4.69, 9.17) is 4.74 Å². The van der Waals surface area contributed by atoms with Crippen molar-refractivity contribution in [3.8, 4) is 0 Å². The van der Waals surface area contributed by atoms with E-state index in [1.54, 1.807) is 21.6 Å². The Bertz CT molecular complexity index is 439. The minimum absolute atomic E-state index is 0.0617. The molecule has 2 rings (SSSR count). The van der Waals surface area contributed by atoms with Gasteiger partial charge in [0.1, 0.15) is 6.42 Å². The summed E-state index contributed by atoms with van der Waals surface area (Å²) in [7, 11) is 0. The van der Waals surface area contributed by atoms with Crippen molar-refractivity contribution < 1.29 is 19.1 Å². The Kier molecular flexibility index (Phi) is 6.24. The van der Waals surface area contributed by atoms with E-state index in [9.17, 15) is 14.4 Å². The topological polar surface area (TPSA) is 70.2 Å². The first kappa shape index (κ1) is 17.6. The van der Waals surface area contributed by atoms with Crippen LogP contribution < -0.4 is 0 Å². The van der Waals surface area contributed by atoms with Crippen LogP contribution in [0.3, 0.4) is 0 Å². The first-order chi connectivity index (χ1) is 11.0. The summed E-state index contributed by atoms with van der Waals surface area (Å²) in [6, 6.07) is 0. The molecule has 0 spiro atoms. The Morgan fingerprint density at radius 3 is 1.87 bits per heavy atom. The van der Waals surface area contributed by atoms with E-state index in [0.29, 0.717) is 38.7 Å². The van der Waals surface area contributed by atoms with Gasteiger partial charge in [-0.05, 0) is 25.7 Å². The second kappa shape index (κ2) is 8.17. The molecule has 0 aliphatic carbocycles. The van der Waals surface area contributed by atoms with Crippen molar-refractivity contribution in [2.24, 2.45) is 5.92 Å². The van der Waals surface area contributed by atoms with E-state index < -0.39 is 0 Å². The highest BCUT2D eigenvalue weighted by atomic mass is 16.6. The van der Waals surface area contributed by atoms with Gasteiger partial charge in [0.2, 0.25) is 11.8 Å². The Labute approximate surface area is 137 Å². The van der Waals surface area contributed by atoms with Crippen LogP contribution >= 0.6 is 0 Å². The van der Waals surface area contributed by atoms with Crippen LogP contribution in [0, 0.1) is 5.92 Å². The fraction of sp³-hybridized carbons (Fsp3) is 0.812. The normalized spacial score (nSPS) is 19.7. The number of likely N-dealkylation sites (tertiary alicyclic amines) is 1. The molecule has 3 amide bonds. The molecule has 23 heavy (non-hydrogen) atoms. The standard InChI is InChI=1S/C16H27N3O4/c1-3-23-16(22)19-10-8-18(9-11-19)15(21)12-14(20)17-6-4-13(2)5-7-17/h13H,3-12H2,1-2H3. The van der Waals surface area contributed by atoms with E-state index in [-0.39, 0.29) is 24.3 Å². The number of amides is 3. The predicted octanol–water partition coefficient (Wildman–Crippen LogP) is 0.936. The molecule has 7 heteroatoms. The molecule has 2 heterocycles. The van der Waals surface area contributed by atoms with Crippen LogP contribution in [0.1, 0.15) is 33.1 Å². The van der Waals surface area contributed by atoms with Crippen LogP contribution in [0.15, 0.2) is 0 Å². The maximum atomic E-state index is 12.3. The van der Waals surface area contributed by atoms with Crippen molar-refractivity contribution in [2.75, 3.05) is 45.9 Å². The third kappa shape index (κ3) is 4.84. The number of hydrogen-bond acceptors (Lipinski definition) is 4. The van der Waals surface area contributed by atoms with Gasteiger partial charge in [-0.2, -0.15) is 0 Å². The second-order valence-electron chi connectivity index (χ2n) is 6.31. The molecule has 0 bridgehead atoms. The van der Waals surface area contributed by atoms with Gasteiger partial charge in [-0.1, -0.05) is 6.92 Å². The summed E-state index contributed by atoms with van der Waals surface area (Å²) in [5.41, 5.74) is 0. The van der Waals surface area contributed by atoms with Crippen LogP contribution in [0.4, 0.5) is 4.79 Å². The fourth-order valence-electron chi connectivity index (χ4n) is 2.96. The summed E-state index contributed by atoms with van der Waals surface area (Å²) in [5, 5.41) is 0. The lowest BCUT2D eigenvalue weighted by Gasteiger charge is -2.35. The van der Waals surface area contributed by atoms with Crippen molar-refractivity contribution in [3.63, 3.8) is 0 Å². The number of hydrogen-bond donors (Lipinski definition) is 0. The van der Waals surface area contributed by atoms with Crippen LogP contribution in [-0.2, 0) is 14.3 Å². The van der Waals surface area contributed by atoms with Crippen molar-refractivity contribution in [3.05, 3.63) is 0 Å². The van der Waals surface area contributed by atoms with Crippen LogP contribution in [-0.4, -0.2) is 78.5 Å². The smallest absolute Gasteiger partial charge is 0.409 e. The minimum Gasteiger partial charge on any atom is -0.450 e. The van der Waals surface area contributed by atoms with Crippen LogP contribution in [0.2, 0.25) is 0 Å². The number of piperidine rings is 1. The van der Waals surface area contributed by atoms with Gasteiger partial charge in [-0.15, -0.1) is 0 Å². The lowest BCUT2D eigenvalue weighted by atomic mass is 9.99. The maximum absolute atomic E-state index is 12.3. The van der Waals surface area contributed by atoms with Crippen molar-refractivity contribution in [1.29, 1.82) is 0 Å². The van der Waals surface area contributed by atoms with Gasteiger partial charge in [-0.25, -0.2) is 4.79 Å². The Morgan fingerprint density at radius 1 is 0.870 bits per heavy atom. The van der Waals surface area contributed by atoms with Gasteiger partial charge >= 0.3 is 6.09 Å². The van der Waals surface area contributed by atoms with Crippen molar-refractivity contribution >= 4 is 17.9 Å². The van der Waals surface area contributed by atoms with Gasteiger partial charge in [0.25, 0.3) is 0 Å². The number of rotatable bonds is 3. The monoisotopic (exact) mass is 325 g/mol. The third-order valence-corrected chi connectivity index (χ3v) is 4.60. The fourth-order valence-corrected chi connectivity index (χ4v) is 2.96. The molecule has 2 aliphatic rings. The average molecular weight is 325 g/mol. The molecule has 2 saturated heterocycles. The number of nitrogens with zero attached hydrogens (tertiary/aromatic N) is 3. The quantitative estimate of drug-likeness (QED) is 0.724. The van der Waals surface area contributed by atoms with E-state index in [2.05, 4.69) is 6.92 Å². The van der Waals surface area contributed by atoms with E-state index in [1.165, 1.54) is 0 Å². The highest BCUT2D eigenvalue weighted by Crippen LogP contribution is 2.17. The molecule has 0 radical (unpaired) electrons. The molecule has 0 aromatic rings. The summed E-state index contributed by atoms with van der Waals surface area (Å²) >= 11 is 0. The molecular formula is C16H27N3O4. The zero-order valence-corrected chi connectivity index (χ0v) is 14.1. The van der Waals surface area contributed by atoms with E-state index >= 15 is 0 Å². The second-order valence-corrected chi connectivity index (χ2v) is 6.31. The van der Waals surface area contributed by atoms with Crippen LogP contribution in [0.25, 0.3) is 0 Å². The number of piperazine rings is 1. The molecule has 130 valence electrons. The number of carbonyl (C=O) groups excluding carboxylic acids is 3. The summed E-state index contributed by atoms with van der Waals surface area (Å²) in [4.78, 5) is 41.2. The highest BCUT2D eigenvalue weighted by molar-refractivity contribution is 5.97. The zero-order chi connectivity index (χ0) is 16.8. The van der Waals surface area contributed by atoms with Crippen LogP contribution in [0.5, 0.6) is 0 Å². The first-order valence-electron chi connectivity index (χ1n) is 8.48. The lowest BCUT2D eigenvalue weighted by Crippen LogP contribution is -2.51. The van der Waals surface area contributed by atoms with Crippen molar-refractivity contribution in [1.82, 2.24) is 14.7 Å². The number of carbonyl (C=O) groups is 3. The highest BCUT2D eigenvalue weighted by Gasteiger charge is 2.28. The third-order valence-electron chi connectivity index (χ3n) is 4.60. The molecular weight excluding hydrogens is 298 g/mol. The molecule has 0 unspecified atom stereocenters. The van der Waals surface area contributed by atoms with Gasteiger partial charge in [0, 0.05) is 39.3 Å². The Hall–Kier alpha value is -1.79. The molecule has 7 nitrogen and oxygen atoms in total. The summed E-state index contributed by atoms with van der Waals surface area (Å²) < 4.78 is 4.95. The van der Waals surface area contributed by atoms with Gasteiger partial charge in [-0.3, -0.25) is 9.59 Å². The van der Waals surface area contributed by atoms with Crippen molar-refractivity contribution in [2.45, 2.75) is 33.1 Å². The Balaban J connectivity index is 1.74. The lowest BCUT2D eigenvalue weighted by molar-refractivity contribution is -0.142. The zero-order valence-electron chi connectivity index (χ0n) is 14.1. The summed E-state index contributed by atoms with van der Waals surface area (Å²) in [6.45, 7) is 7.65. The predicted molar refractivity (Wildman–Crippen MR) is 84.8 cm³/mol. The Morgan fingerprint density at radius 2 is 1.35 bits per heavy atom. The van der Waals surface area contributed by atoms with E-state index in [1.807, 2.05) is 0 Å². The van der Waals surface area contributed by atoms with E-state index in [0.717, 1.165) is 25.9 Å².